The van der Waals surface area contributed by atoms with Gasteiger partial charge in [0.1, 0.15) is 11.7 Å². The summed E-state index contributed by atoms with van der Waals surface area (Å²) in [7, 11) is 0. The Kier molecular flexibility index (Phi) is 4.06. The Morgan fingerprint density at radius 2 is 1.72 bits per heavy atom. The number of rotatable bonds is 3. The molecule has 0 radical (unpaired) electrons. The summed E-state index contributed by atoms with van der Waals surface area (Å²) in [4.78, 5) is 23.0. The zero-order chi connectivity index (χ0) is 13.9. The molecule has 18 heavy (non-hydrogen) atoms. The molecule has 0 aromatic heterocycles. The first-order valence-electron chi connectivity index (χ1n) is 5.51. The van der Waals surface area contributed by atoms with Crippen LogP contribution in [0.3, 0.4) is 0 Å². The normalized spacial score (nSPS) is 12.9. The van der Waals surface area contributed by atoms with Crippen LogP contribution in [-0.4, -0.2) is 17.0 Å². The zero-order valence-corrected chi connectivity index (χ0v) is 10.5. The minimum Gasteiger partial charge on any atom is -0.481 e. The molecule has 0 aliphatic rings. The molecule has 1 aromatic rings. The highest BCUT2D eigenvalue weighted by molar-refractivity contribution is 6.04. The number of hydrogen-bond donors (Lipinski definition) is 2. The van der Waals surface area contributed by atoms with E-state index in [4.69, 9.17) is 5.11 Å². The lowest BCUT2D eigenvalue weighted by Crippen LogP contribution is -2.39. The quantitative estimate of drug-likeness (QED) is 0.813. The van der Waals surface area contributed by atoms with Gasteiger partial charge in [-0.15, -0.1) is 0 Å². The lowest BCUT2D eigenvalue weighted by molar-refractivity contribution is -0.149. The van der Waals surface area contributed by atoms with Crippen LogP contribution in [0.4, 0.5) is 10.1 Å². The molecule has 1 aromatic carbocycles. The van der Waals surface area contributed by atoms with Crippen molar-refractivity contribution < 1.29 is 19.1 Å². The maximum absolute atomic E-state index is 12.7. The third-order valence-corrected chi connectivity index (χ3v) is 2.49. The predicted molar refractivity (Wildman–Crippen MR) is 65.6 cm³/mol. The number of anilines is 1. The van der Waals surface area contributed by atoms with Gasteiger partial charge in [0.2, 0.25) is 5.91 Å². The molecule has 0 bridgehead atoms. The van der Waals surface area contributed by atoms with E-state index < -0.39 is 29.0 Å². The lowest BCUT2D eigenvalue weighted by atomic mass is 9.80. The maximum atomic E-state index is 12.7. The number of carbonyl (C=O) groups is 2. The number of carboxylic acids is 1. The zero-order valence-electron chi connectivity index (χ0n) is 10.5. The Labute approximate surface area is 105 Å². The fraction of sp³-hybridized carbons (Fsp3) is 0.385. The van der Waals surface area contributed by atoms with E-state index in [0.29, 0.717) is 5.69 Å². The lowest BCUT2D eigenvalue weighted by Gasteiger charge is -2.25. The molecule has 0 aliphatic heterocycles. The molecule has 1 amide bonds. The van der Waals surface area contributed by atoms with Crippen molar-refractivity contribution in [1.29, 1.82) is 0 Å². The van der Waals surface area contributed by atoms with Gasteiger partial charge in [0.05, 0.1) is 0 Å². The summed E-state index contributed by atoms with van der Waals surface area (Å²) < 4.78 is 12.7. The van der Waals surface area contributed by atoms with Gasteiger partial charge in [0, 0.05) is 5.69 Å². The molecule has 1 unspecified atom stereocenters. The summed E-state index contributed by atoms with van der Waals surface area (Å²) in [5.74, 6) is -3.37. The molecule has 0 fully saturated rings. The highest BCUT2D eigenvalue weighted by Crippen LogP contribution is 2.27. The van der Waals surface area contributed by atoms with Crippen molar-refractivity contribution in [2.45, 2.75) is 20.8 Å². The van der Waals surface area contributed by atoms with Crippen molar-refractivity contribution in [2.24, 2.45) is 11.3 Å². The first-order valence-corrected chi connectivity index (χ1v) is 5.51. The van der Waals surface area contributed by atoms with E-state index >= 15 is 0 Å². The van der Waals surface area contributed by atoms with E-state index in [1.54, 1.807) is 20.8 Å². The van der Waals surface area contributed by atoms with E-state index in [9.17, 15) is 14.0 Å². The van der Waals surface area contributed by atoms with Gasteiger partial charge in [-0.05, 0) is 29.7 Å². The van der Waals surface area contributed by atoms with E-state index in [0.717, 1.165) is 0 Å². The second-order valence-corrected chi connectivity index (χ2v) is 5.13. The van der Waals surface area contributed by atoms with Crippen molar-refractivity contribution in [3.8, 4) is 0 Å². The number of amides is 1. The summed E-state index contributed by atoms with van der Waals surface area (Å²) >= 11 is 0. The Morgan fingerprint density at radius 1 is 1.22 bits per heavy atom. The summed E-state index contributed by atoms with van der Waals surface area (Å²) in [5, 5.41) is 11.6. The molecule has 0 saturated carbocycles. The van der Waals surface area contributed by atoms with Gasteiger partial charge in [-0.2, -0.15) is 0 Å². The second kappa shape index (κ2) is 5.16. The van der Waals surface area contributed by atoms with Crippen molar-refractivity contribution in [3.63, 3.8) is 0 Å². The van der Waals surface area contributed by atoms with Crippen LogP contribution in [0.25, 0.3) is 0 Å². The Balaban J connectivity index is 2.86. The molecule has 0 aliphatic carbocycles. The van der Waals surface area contributed by atoms with Gasteiger partial charge < -0.3 is 10.4 Å². The monoisotopic (exact) mass is 253 g/mol. The molecule has 0 spiro atoms. The molecule has 1 rings (SSSR count). The number of benzene rings is 1. The number of nitrogens with one attached hydrogen (secondary N) is 1. The number of aliphatic carboxylic acids is 1. The summed E-state index contributed by atoms with van der Waals surface area (Å²) in [6, 6.07) is 5.16. The molecule has 98 valence electrons. The standard InChI is InChI=1S/C13H16FNO3/c1-13(2,3)10(12(17)18)11(16)15-9-6-4-8(14)5-7-9/h4-7,10H,1-3H3,(H,15,16)(H,17,18). The van der Waals surface area contributed by atoms with Crippen molar-refractivity contribution in [2.75, 3.05) is 5.32 Å². The molecule has 2 N–H and O–H groups in total. The van der Waals surface area contributed by atoms with Crippen LogP contribution in [-0.2, 0) is 9.59 Å². The van der Waals surface area contributed by atoms with E-state index in [1.165, 1.54) is 24.3 Å². The summed E-state index contributed by atoms with van der Waals surface area (Å²) in [6.45, 7) is 5.03. The first-order chi connectivity index (χ1) is 8.21. The number of halogens is 1. The van der Waals surface area contributed by atoms with E-state index in [1.807, 2.05) is 0 Å². The largest absolute Gasteiger partial charge is 0.481 e. The Hall–Kier alpha value is -1.91. The fourth-order valence-electron chi connectivity index (χ4n) is 1.62. The van der Waals surface area contributed by atoms with Gasteiger partial charge in [0.15, 0.2) is 0 Å². The molecule has 5 heteroatoms. The van der Waals surface area contributed by atoms with Gasteiger partial charge in [-0.25, -0.2) is 4.39 Å². The van der Waals surface area contributed by atoms with E-state index in [-0.39, 0.29) is 0 Å². The average molecular weight is 253 g/mol. The third-order valence-electron chi connectivity index (χ3n) is 2.49. The van der Waals surface area contributed by atoms with Crippen LogP contribution < -0.4 is 5.32 Å². The van der Waals surface area contributed by atoms with Crippen LogP contribution in [0.2, 0.25) is 0 Å². The van der Waals surface area contributed by atoms with Crippen LogP contribution in [0, 0.1) is 17.2 Å². The molecule has 4 nitrogen and oxygen atoms in total. The molecule has 0 heterocycles. The summed E-state index contributed by atoms with van der Waals surface area (Å²) in [5.41, 5.74) is -0.326. The molecule has 1 atom stereocenters. The van der Waals surface area contributed by atoms with Crippen LogP contribution in [0.15, 0.2) is 24.3 Å². The van der Waals surface area contributed by atoms with Crippen molar-refractivity contribution in [3.05, 3.63) is 30.1 Å². The third kappa shape index (κ3) is 3.55. The van der Waals surface area contributed by atoms with Gasteiger partial charge in [-0.1, -0.05) is 20.8 Å². The fourth-order valence-corrected chi connectivity index (χ4v) is 1.62. The van der Waals surface area contributed by atoms with Gasteiger partial charge in [0.25, 0.3) is 0 Å². The Bertz CT molecular complexity index is 448. The number of carbonyl (C=O) groups excluding carboxylic acids is 1. The van der Waals surface area contributed by atoms with Crippen molar-refractivity contribution in [1.82, 2.24) is 0 Å². The second-order valence-electron chi connectivity index (χ2n) is 5.13. The van der Waals surface area contributed by atoms with Crippen LogP contribution in [0.5, 0.6) is 0 Å². The summed E-state index contributed by atoms with van der Waals surface area (Å²) in [6.07, 6.45) is 0. The van der Waals surface area contributed by atoms with Crippen LogP contribution in [0.1, 0.15) is 20.8 Å². The van der Waals surface area contributed by atoms with Crippen molar-refractivity contribution >= 4 is 17.6 Å². The highest BCUT2D eigenvalue weighted by Gasteiger charge is 2.37. The maximum Gasteiger partial charge on any atom is 0.316 e. The Morgan fingerprint density at radius 3 is 2.11 bits per heavy atom. The highest BCUT2D eigenvalue weighted by atomic mass is 19.1. The number of hydrogen-bond acceptors (Lipinski definition) is 2. The van der Waals surface area contributed by atoms with Gasteiger partial charge >= 0.3 is 5.97 Å². The molecule has 0 saturated heterocycles. The van der Waals surface area contributed by atoms with Crippen LogP contribution >= 0.6 is 0 Å². The van der Waals surface area contributed by atoms with E-state index in [2.05, 4.69) is 5.32 Å². The van der Waals surface area contributed by atoms with Gasteiger partial charge in [-0.3, -0.25) is 9.59 Å². The molecular formula is C13H16FNO3. The number of carboxylic acid groups (broad SMARTS) is 1. The topological polar surface area (TPSA) is 66.4 Å². The first kappa shape index (κ1) is 14.2. The SMILES string of the molecule is CC(C)(C)C(C(=O)O)C(=O)Nc1ccc(F)cc1. The molecular weight excluding hydrogens is 237 g/mol. The minimum absolute atomic E-state index is 0.372. The smallest absolute Gasteiger partial charge is 0.316 e. The predicted octanol–water partition coefficient (Wildman–Crippen LogP) is 2.51. The average Bonchev–Trinajstić information content (AvgIpc) is 2.18. The minimum atomic E-state index is -1.18.